The number of carbonyl (C=O) groups excluding carboxylic acids is 1. The van der Waals surface area contributed by atoms with Crippen LogP contribution in [0.25, 0.3) is 11.1 Å². The van der Waals surface area contributed by atoms with E-state index in [1.807, 2.05) is 13.0 Å². The van der Waals surface area contributed by atoms with Gasteiger partial charge in [-0.25, -0.2) is 0 Å². The highest BCUT2D eigenvalue weighted by molar-refractivity contribution is 6.04. The second-order valence-corrected chi connectivity index (χ2v) is 7.14. The first-order valence-electron chi connectivity index (χ1n) is 7.65. The van der Waals surface area contributed by atoms with Gasteiger partial charge in [0.25, 0.3) is 0 Å². The van der Waals surface area contributed by atoms with Crippen molar-refractivity contribution < 1.29 is 4.79 Å². The molecule has 1 aliphatic rings. The zero-order valence-electron chi connectivity index (χ0n) is 13.2. The van der Waals surface area contributed by atoms with Crippen LogP contribution in [0.2, 0.25) is 0 Å². The Bertz CT molecular complexity index is 690. The van der Waals surface area contributed by atoms with Gasteiger partial charge in [-0.2, -0.15) is 0 Å². The van der Waals surface area contributed by atoms with Crippen molar-refractivity contribution in [2.24, 2.45) is 5.92 Å². The van der Waals surface area contributed by atoms with E-state index in [1.165, 1.54) is 22.3 Å². The highest BCUT2D eigenvalue weighted by Gasteiger charge is 2.31. The Kier molecular flexibility index (Phi) is 3.24. The zero-order chi connectivity index (χ0) is 15.2. The number of ketones is 1. The molecule has 0 spiro atoms. The van der Waals surface area contributed by atoms with Crippen molar-refractivity contribution in [3.63, 3.8) is 0 Å². The van der Waals surface area contributed by atoms with Crippen molar-refractivity contribution in [1.82, 2.24) is 0 Å². The van der Waals surface area contributed by atoms with Gasteiger partial charge in [0.2, 0.25) is 0 Å². The summed E-state index contributed by atoms with van der Waals surface area (Å²) in [6, 6.07) is 14.8. The van der Waals surface area contributed by atoms with Gasteiger partial charge in [-0.1, -0.05) is 64.1 Å². The normalized spacial score (nSPS) is 17.9. The lowest BCUT2D eigenvalue weighted by Crippen LogP contribution is -2.13. The van der Waals surface area contributed by atoms with E-state index in [4.69, 9.17) is 0 Å². The van der Waals surface area contributed by atoms with Crippen molar-refractivity contribution in [1.29, 1.82) is 0 Å². The molecule has 108 valence electrons. The highest BCUT2D eigenvalue weighted by Crippen LogP contribution is 2.38. The number of hydrogen-bond acceptors (Lipinski definition) is 1. The minimum Gasteiger partial charge on any atom is -0.294 e. The van der Waals surface area contributed by atoms with Gasteiger partial charge in [-0.05, 0) is 40.2 Å². The van der Waals surface area contributed by atoms with Crippen molar-refractivity contribution in [3.05, 3.63) is 59.2 Å². The molecular weight excluding hydrogens is 256 g/mol. The van der Waals surface area contributed by atoms with Gasteiger partial charge in [0.1, 0.15) is 0 Å². The molecule has 0 fully saturated rings. The molecule has 0 amide bonds. The molecular formula is C20H22O. The van der Waals surface area contributed by atoms with Crippen LogP contribution in [-0.4, -0.2) is 5.78 Å². The van der Waals surface area contributed by atoms with Gasteiger partial charge in [0, 0.05) is 11.5 Å². The minimum atomic E-state index is 0.0463. The summed E-state index contributed by atoms with van der Waals surface area (Å²) in [5.41, 5.74) is 5.89. The summed E-state index contributed by atoms with van der Waals surface area (Å²) in [4.78, 5) is 12.5. The van der Waals surface area contributed by atoms with Crippen molar-refractivity contribution >= 4 is 5.78 Å². The average Bonchev–Trinajstić information content (AvgIpc) is 2.74. The maximum Gasteiger partial charge on any atom is 0.166 e. The summed E-state index contributed by atoms with van der Waals surface area (Å²) in [5, 5.41) is 0. The molecule has 1 atom stereocenters. The Balaban J connectivity index is 2.27. The summed E-state index contributed by atoms with van der Waals surface area (Å²) in [5.74, 6) is 0.408. The van der Waals surface area contributed by atoms with Crippen LogP contribution in [0, 0.1) is 5.92 Å². The fourth-order valence-electron chi connectivity index (χ4n) is 3.08. The van der Waals surface area contributed by atoms with Gasteiger partial charge in [-0.3, -0.25) is 4.79 Å². The summed E-state index contributed by atoms with van der Waals surface area (Å²) < 4.78 is 0. The van der Waals surface area contributed by atoms with E-state index in [9.17, 15) is 4.79 Å². The Morgan fingerprint density at radius 1 is 1.00 bits per heavy atom. The van der Waals surface area contributed by atoms with E-state index < -0.39 is 0 Å². The van der Waals surface area contributed by atoms with Crippen molar-refractivity contribution in [2.45, 2.75) is 39.5 Å². The van der Waals surface area contributed by atoms with Crippen LogP contribution >= 0.6 is 0 Å². The van der Waals surface area contributed by atoms with E-state index in [-0.39, 0.29) is 11.3 Å². The molecule has 0 saturated carbocycles. The molecule has 2 aromatic rings. The molecule has 0 N–H and O–H groups in total. The molecule has 21 heavy (non-hydrogen) atoms. The van der Waals surface area contributed by atoms with Crippen LogP contribution in [0.5, 0.6) is 0 Å². The quantitative estimate of drug-likeness (QED) is 0.715. The zero-order valence-corrected chi connectivity index (χ0v) is 13.2. The van der Waals surface area contributed by atoms with Crippen LogP contribution in [-0.2, 0) is 11.8 Å². The van der Waals surface area contributed by atoms with Gasteiger partial charge >= 0.3 is 0 Å². The fourth-order valence-corrected chi connectivity index (χ4v) is 3.08. The van der Waals surface area contributed by atoms with Crippen LogP contribution in [0.3, 0.4) is 0 Å². The first-order chi connectivity index (χ1) is 9.88. The van der Waals surface area contributed by atoms with Crippen molar-refractivity contribution in [2.75, 3.05) is 0 Å². The number of rotatable bonds is 1. The molecule has 1 unspecified atom stereocenters. The van der Waals surface area contributed by atoms with E-state index in [1.54, 1.807) is 0 Å². The molecule has 0 aliphatic heterocycles. The number of fused-ring (bicyclic) bond motifs is 1. The first kappa shape index (κ1) is 14.1. The molecule has 0 aromatic heterocycles. The fraction of sp³-hybridized carbons (Fsp3) is 0.350. The van der Waals surface area contributed by atoms with Gasteiger partial charge in [0.05, 0.1) is 0 Å². The van der Waals surface area contributed by atoms with E-state index in [0.717, 1.165) is 12.0 Å². The van der Waals surface area contributed by atoms with Crippen LogP contribution in [0.1, 0.15) is 49.2 Å². The molecule has 0 saturated heterocycles. The average molecular weight is 278 g/mol. The smallest absolute Gasteiger partial charge is 0.166 e. The third kappa shape index (κ3) is 2.42. The number of Topliss-reactive ketones (excluding diaryl/α,β-unsaturated/α-hetero) is 1. The third-order valence-corrected chi connectivity index (χ3v) is 4.42. The summed E-state index contributed by atoms with van der Waals surface area (Å²) in [6.45, 7) is 8.64. The summed E-state index contributed by atoms with van der Waals surface area (Å²) in [7, 11) is 0. The van der Waals surface area contributed by atoms with Crippen molar-refractivity contribution in [3.8, 4) is 11.1 Å². The lowest BCUT2D eigenvalue weighted by Gasteiger charge is -2.22. The predicted octanol–water partition coefficient (Wildman–Crippen LogP) is 5.03. The van der Waals surface area contributed by atoms with E-state index in [2.05, 4.69) is 57.2 Å². The molecule has 0 bridgehead atoms. The monoisotopic (exact) mass is 278 g/mol. The van der Waals surface area contributed by atoms with Crippen LogP contribution in [0.4, 0.5) is 0 Å². The molecule has 1 aliphatic carbocycles. The minimum absolute atomic E-state index is 0.0463. The largest absolute Gasteiger partial charge is 0.294 e. The maximum atomic E-state index is 12.5. The Labute approximate surface area is 127 Å². The van der Waals surface area contributed by atoms with E-state index in [0.29, 0.717) is 5.78 Å². The predicted molar refractivity (Wildman–Crippen MR) is 87.8 cm³/mol. The maximum absolute atomic E-state index is 12.5. The summed E-state index contributed by atoms with van der Waals surface area (Å²) >= 11 is 0. The van der Waals surface area contributed by atoms with Gasteiger partial charge in [0.15, 0.2) is 5.78 Å². The Morgan fingerprint density at radius 2 is 1.62 bits per heavy atom. The van der Waals surface area contributed by atoms with Crippen LogP contribution < -0.4 is 0 Å². The lowest BCUT2D eigenvalue weighted by atomic mass is 9.82. The van der Waals surface area contributed by atoms with E-state index >= 15 is 0 Å². The Hall–Kier alpha value is -1.89. The SMILES string of the molecule is CC1Cc2c(cc(C(C)(C)C)cc2-c2ccccc2)C1=O. The number of hydrogen-bond donors (Lipinski definition) is 0. The molecule has 1 nitrogen and oxygen atoms in total. The molecule has 2 aromatic carbocycles. The number of carbonyl (C=O) groups is 1. The van der Waals surface area contributed by atoms with Gasteiger partial charge < -0.3 is 0 Å². The topological polar surface area (TPSA) is 17.1 Å². The van der Waals surface area contributed by atoms with Crippen LogP contribution in [0.15, 0.2) is 42.5 Å². The Morgan fingerprint density at radius 3 is 2.24 bits per heavy atom. The lowest BCUT2D eigenvalue weighted by molar-refractivity contribution is 0.0946. The first-order valence-corrected chi connectivity index (χ1v) is 7.65. The molecule has 0 radical (unpaired) electrons. The molecule has 1 heteroatoms. The highest BCUT2D eigenvalue weighted by atomic mass is 16.1. The number of benzene rings is 2. The summed E-state index contributed by atoms with van der Waals surface area (Å²) in [6.07, 6.45) is 0.864. The third-order valence-electron chi connectivity index (χ3n) is 4.42. The second kappa shape index (κ2) is 4.84. The second-order valence-electron chi connectivity index (χ2n) is 7.14. The van der Waals surface area contributed by atoms with Gasteiger partial charge in [-0.15, -0.1) is 0 Å². The molecule has 0 heterocycles. The standard InChI is InChI=1S/C20H22O/c1-13-10-17-16(14-8-6-5-7-9-14)11-15(20(2,3)4)12-18(17)19(13)21/h5-9,11-13H,10H2,1-4H3. The molecule has 3 rings (SSSR count).